The van der Waals surface area contributed by atoms with E-state index in [0.717, 1.165) is 17.8 Å². The van der Waals surface area contributed by atoms with Crippen LogP contribution < -0.4 is 5.32 Å². The smallest absolute Gasteiger partial charge is 0.0384 e. The molecule has 0 amide bonds. The van der Waals surface area contributed by atoms with E-state index < -0.39 is 0 Å². The predicted molar refractivity (Wildman–Crippen MR) is 185 cm³/mol. The zero-order valence-electron chi connectivity index (χ0n) is 24.1. The van der Waals surface area contributed by atoms with E-state index in [0.29, 0.717) is 0 Å². The Morgan fingerprint density at radius 1 is 0.419 bits per heavy atom. The number of benzene rings is 7. The van der Waals surface area contributed by atoms with Crippen LogP contribution in [0, 0.1) is 11.8 Å². The molecule has 0 spiro atoms. The van der Waals surface area contributed by atoms with Gasteiger partial charge in [0.1, 0.15) is 0 Å². The van der Waals surface area contributed by atoms with Crippen molar-refractivity contribution in [2.75, 3.05) is 5.32 Å². The van der Waals surface area contributed by atoms with Crippen LogP contribution in [0.3, 0.4) is 0 Å². The Labute approximate surface area is 253 Å². The summed E-state index contributed by atoms with van der Waals surface area (Å²) in [5.74, 6) is 6.16. The van der Waals surface area contributed by atoms with Crippen molar-refractivity contribution in [1.82, 2.24) is 0 Å². The first-order chi connectivity index (χ1) is 21.2. The number of anilines is 2. The fourth-order valence-electron chi connectivity index (χ4n) is 5.67. The first-order valence-electron chi connectivity index (χ1n) is 14.7. The highest BCUT2D eigenvalue weighted by Gasteiger charge is 2.05. The summed E-state index contributed by atoms with van der Waals surface area (Å²) in [6.07, 6.45) is 0.788. The molecule has 0 bridgehead atoms. The van der Waals surface area contributed by atoms with Gasteiger partial charge in [0, 0.05) is 17.8 Å². The summed E-state index contributed by atoms with van der Waals surface area (Å²) in [4.78, 5) is 0. The molecule has 0 fully saturated rings. The lowest BCUT2D eigenvalue weighted by Gasteiger charge is -2.11. The third-order valence-corrected chi connectivity index (χ3v) is 8.05. The van der Waals surface area contributed by atoms with Crippen molar-refractivity contribution in [2.45, 2.75) is 13.3 Å². The van der Waals surface area contributed by atoms with E-state index in [1.807, 2.05) is 6.92 Å². The van der Waals surface area contributed by atoms with E-state index in [9.17, 15) is 0 Å². The molecule has 1 heteroatoms. The Bertz CT molecular complexity index is 2110. The fourth-order valence-corrected chi connectivity index (χ4v) is 5.67. The quantitative estimate of drug-likeness (QED) is 0.203. The summed E-state index contributed by atoms with van der Waals surface area (Å²) in [6.45, 7) is 1.89. The van der Waals surface area contributed by atoms with E-state index in [2.05, 4.69) is 169 Å². The lowest BCUT2D eigenvalue weighted by molar-refractivity contribution is 1.33. The van der Waals surface area contributed by atoms with Gasteiger partial charge < -0.3 is 5.32 Å². The van der Waals surface area contributed by atoms with Gasteiger partial charge in [-0.2, -0.15) is 0 Å². The largest absolute Gasteiger partial charge is 0.356 e. The fraction of sp³-hybridized carbons (Fsp3) is 0.0476. The van der Waals surface area contributed by atoms with Crippen LogP contribution in [0.15, 0.2) is 152 Å². The minimum Gasteiger partial charge on any atom is -0.356 e. The average Bonchev–Trinajstić information content (AvgIpc) is 3.07. The molecule has 0 aliphatic carbocycles. The van der Waals surface area contributed by atoms with Gasteiger partial charge >= 0.3 is 0 Å². The highest BCUT2D eigenvalue weighted by Crippen LogP contribution is 2.31. The summed E-state index contributed by atoms with van der Waals surface area (Å²) >= 11 is 0. The molecule has 0 aromatic heterocycles. The molecule has 0 saturated heterocycles. The standard InChI is InChI=1S/C42H31N/c1-2-3-7-30-10-11-34-12-16-37(27-39(34)26-30)32-18-22-41(23-19-32)43-42-24-20-33(21-25-42)38-17-14-35-13-15-36(28-40(35)29-38)31-8-5-4-6-9-31/h4-6,8-29,43H,7H2,1H3. The van der Waals surface area contributed by atoms with Gasteiger partial charge in [-0.25, -0.2) is 0 Å². The second-order valence-electron chi connectivity index (χ2n) is 10.9. The van der Waals surface area contributed by atoms with E-state index in [1.165, 1.54) is 60.5 Å². The summed E-state index contributed by atoms with van der Waals surface area (Å²) in [5.41, 5.74) is 10.7. The van der Waals surface area contributed by atoms with Crippen molar-refractivity contribution < 1.29 is 0 Å². The van der Waals surface area contributed by atoms with Crippen LogP contribution in [0.4, 0.5) is 11.4 Å². The molecule has 1 N–H and O–H groups in total. The minimum absolute atomic E-state index is 0.788. The number of hydrogen-bond donors (Lipinski definition) is 1. The predicted octanol–water partition coefficient (Wildman–Crippen LogP) is 11.3. The van der Waals surface area contributed by atoms with Gasteiger partial charge in [-0.3, -0.25) is 0 Å². The van der Waals surface area contributed by atoms with E-state index >= 15 is 0 Å². The van der Waals surface area contributed by atoms with E-state index in [-0.39, 0.29) is 0 Å². The number of rotatable bonds is 6. The highest BCUT2D eigenvalue weighted by molar-refractivity contribution is 5.91. The monoisotopic (exact) mass is 549 g/mol. The molecule has 0 saturated carbocycles. The maximum atomic E-state index is 3.56. The second-order valence-corrected chi connectivity index (χ2v) is 10.9. The van der Waals surface area contributed by atoms with Gasteiger partial charge in [0.15, 0.2) is 0 Å². The van der Waals surface area contributed by atoms with Crippen LogP contribution in [0.25, 0.3) is 54.9 Å². The van der Waals surface area contributed by atoms with Gasteiger partial charge in [-0.1, -0.05) is 115 Å². The zero-order valence-corrected chi connectivity index (χ0v) is 24.1. The molecule has 0 aliphatic heterocycles. The SMILES string of the molecule is CC#CCc1ccc2ccc(-c3ccc(Nc4ccc(-c5ccc6ccc(-c7ccccc7)cc6c5)cc4)cc3)cc2c1. The van der Waals surface area contributed by atoms with Crippen molar-refractivity contribution >= 4 is 32.9 Å². The molecule has 7 rings (SSSR count). The molecule has 0 radical (unpaired) electrons. The first-order valence-corrected chi connectivity index (χ1v) is 14.7. The van der Waals surface area contributed by atoms with Gasteiger partial charge in [0.25, 0.3) is 0 Å². The third-order valence-electron chi connectivity index (χ3n) is 8.05. The number of nitrogens with one attached hydrogen (secondary N) is 1. The van der Waals surface area contributed by atoms with E-state index in [1.54, 1.807) is 0 Å². The lowest BCUT2D eigenvalue weighted by atomic mass is 9.97. The molecule has 1 nitrogen and oxygen atoms in total. The van der Waals surface area contributed by atoms with Crippen LogP contribution in [0.2, 0.25) is 0 Å². The minimum atomic E-state index is 0.788. The first kappa shape index (κ1) is 26.3. The molecular weight excluding hydrogens is 518 g/mol. The number of hydrogen-bond acceptors (Lipinski definition) is 1. The van der Waals surface area contributed by atoms with Crippen LogP contribution in [0.5, 0.6) is 0 Å². The Hall–Kier alpha value is -5.58. The molecular formula is C42H31N. The summed E-state index contributed by atoms with van der Waals surface area (Å²) in [7, 11) is 0. The molecule has 7 aromatic rings. The maximum Gasteiger partial charge on any atom is 0.0384 e. The Kier molecular flexibility index (Phi) is 7.18. The van der Waals surface area contributed by atoms with Crippen LogP contribution in [-0.2, 0) is 6.42 Å². The van der Waals surface area contributed by atoms with Crippen LogP contribution >= 0.6 is 0 Å². The van der Waals surface area contributed by atoms with Gasteiger partial charge in [-0.05, 0) is 110 Å². The molecule has 43 heavy (non-hydrogen) atoms. The van der Waals surface area contributed by atoms with Crippen molar-refractivity contribution in [1.29, 1.82) is 0 Å². The van der Waals surface area contributed by atoms with Gasteiger partial charge in [-0.15, -0.1) is 5.92 Å². The Morgan fingerprint density at radius 3 is 1.37 bits per heavy atom. The normalized spacial score (nSPS) is 10.8. The highest BCUT2D eigenvalue weighted by atomic mass is 14.9. The van der Waals surface area contributed by atoms with Crippen molar-refractivity contribution in [3.8, 4) is 45.2 Å². The molecule has 0 heterocycles. The van der Waals surface area contributed by atoms with Crippen molar-refractivity contribution in [2.24, 2.45) is 0 Å². The zero-order chi connectivity index (χ0) is 29.0. The van der Waals surface area contributed by atoms with Crippen LogP contribution in [0.1, 0.15) is 12.5 Å². The van der Waals surface area contributed by atoms with Gasteiger partial charge in [0.05, 0.1) is 0 Å². The van der Waals surface area contributed by atoms with E-state index in [4.69, 9.17) is 0 Å². The molecule has 204 valence electrons. The summed E-state index contributed by atoms with van der Waals surface area (Å²) in [6, 6.07) is 54.6. The molecule has 0 unspecified atom stereocenters. The number of fused-ring (bicyclic) bond motifs is 2. The Balaban J connectivity index is 1.07. The maximum absolute atomic E-state index is 3.56. The second kappa shape index (κ2) is 11.7. The Morgan fingerprint density at radius 2 is 0.860 bits per heavy atom. The summed E-state index contributed by atoms with van der Waals surface area (Å²) in [5, 5.41) is 8.56. The molecule has 0 aliphatic rings. The van der Waals surface area contributed by atoms with Crippen molar-refractivity contribution in [3.63, 3.8) is 0 Å². The lowest BCUT2D eigenvalue weighted by Crippen LogP contribution is -1.90. The third kappa shape index (κ3) is 5.78. The van der Waals surface area contributed by atoms with Gasteiger partial charge in [0.2, 0.25) is 0 Å². The topological polar surface area (TPSA) is 12.0 Å². The molecule has 0 atom stereocenters. The molecule has 7 aromatic carbocycles. The average molecular weight is 550 g/mol. The summed E-state index contributed by atoms with van der Waals surface area (Å²) < 4.78 is 0. The van der Waals surface area contributed by atoms with Crippen molar-refractivity contribution in [3.05, 3.63) is 157 Å². The van der Waals surface area contributed by atoms with Crippen LogP contribution in [-0.4, -0.2) is 0 Å².